The van der Waals surface area contributed by atoms with Crippen LogP contribution < -0.4 is 29.6 Å². The number of hydrogen-bond donors (Lipinski definition) is 2. The summed E-state index contributed by atoms with van der Waals surface area (Å²) in [6, 6.07) is 27.3. The number of hydrogen-bond acceptors (Lipinski definition) is 9. The molecule has 2 heterocycles. The van der Waals surface area contributed by atoms with Gasteiger partial charge in [-0.3, -0.25) is 9.59 Å². The molecule has 2 bridgehead atoms. The van der Waals surface area contributed by atoms with E-state index in [4.69, 9.17) is 23.7 Å². The van der Waals surface area contributed by atoms with Gasteiger partial charge >= 0.3 is 6.09 Å². The Morgan fingerprint density at radius 3 is 2.39 bits per heavy atom. The number of methoxy groups -OCH3 is 2. The van der Waals surface area contributed by atoms with Gasteiger partial charge in [-0.15, -0.1) is 0 Å². The third-order valence-corrected chi connectivity index (χ3v) is 10.3. The Morgan fingerprint density at radius 1 is 0.911 bits per heavy atom. The molecule has 0 radical (unpaired) electrons. The Hall–Kier alpha value is -5.75. The molecule has 3 amide bonds. The van der Waals surface area contributed by atoms with Crippen molar-refractivity contribution in [3.8, 4) is 23.0 Å². The number of carbonyl (C=O) groups excluding carboxylic acids is 3. The van der Waals surface area contributed by atoms with Crippen molar-refractivity contribution < 1.29 is 38.1 Å². The number of nitrogens with zero attached hydrogens (tertiary/aromatic N) is 2. The monoisotopic (exact) mass is 764 g/mol. The van der Waals surface area contributed by atoms with E-state index in [2.05, 4.69) is 41.8 Å². The molecule has 296 valence electrons. The van der Waals surface area contributed by atoms with Gasteiger partial charge in [0.15, 0.2) is 0 Å². The molecule has 0 aliphatic carbocycles. The van der Waals surface area contributed by atoms with Crippen molar-refractivity contribution in [2.24, 2.45) is 0 Å². The van der Waals surface area contributed by atoms with E-state index in [1.165, 1.54) is 11.1 Å². The molecule has 0 spiro atoms. The highest BCUT2D eigenvalue weighted by Crippen LogP contribution is 2.35. The molecule has 4 aromatic carbocycles. The normalized spacial score (nSPS) is 18.7. The maximum absolute atomic E-state index is 14.4. The van der Waals surface area contributed by atoms with Crippen molar-refractivity contribution in [1.82, 2.24) is 20.4 Å². The van der Waals surface area contributed by atoms with Gasteiger partial charge in [0.1, 0.15) is 42.3 Å². The van der Waals surface area contributed by atoms with Gasteiger partial charge in [-0.25, -0.2) is 4.79 Å². The molecule has 0 unspecified atom stereocenters. The van der Waals surface area contributed by atoms with E-state index in [0.29, 0.717) is 74.1 Å². The average Bonchev–Trinajstić information content (AvgIpc) is 3.64. The first-order valence-electron chi connectivity index (χ1n) is 19.1. The van der Waals surface area contributed by atoms with Crippen molar-refractivity contribution in [1.29, 1.82) is 0 Å². The van der Waals surface area contributed by atoms with Gasteiger partial charge in [0, 0.05) is 56.8 Å². The van der Waals surface area contributed by atoms with E-state index < -0.39 is 12.1 Å². The second-order valence-corrected chi connectivity index (χ2v) is 14.3. The topological polar surface area (TPSA) is 128 Å². The number of ether oxygens (including phenoxy) is 5. The lowest BCUT2D eigenvalue weighted by Crippen LogP contribution is -2.51. The van der Waals surface area contributed by atoms with Crippen molar-refractivity contribution in [2.45, 2.75) is 63.9 Å². The zero-order valence-corrected chi connectivity index (χ0v) is 32.6. The molecular weight excluding hydrogens is 713 g/mol. The molecule has 2 N–H and O–H groups in total. The van der Waals surface area contributed by atoms with E-state index in [1.54, 1.807) is 55.3 Å². The average molecular weight is 765 g/mol. The summed E-state index contributed by atoms with van der Waals surface area (Å²) in [6.45, 7) is 4.02. The maximum Gasteiger partial charge on any atom is 0.408 e. The van der Waals surface area contributed by atoms with Crippen LogP contribution in [0, 0.1) is 6.92 Å². The minimum Gasteiger partial charge on any atom is -0.496 e. The number of rotatable bonds is 12. The fourth-order valence-electron chi connectivity index (χ4n) is 7.13. The van der Waals surface area contributed by atoms with E-state index in [-0.39, 0.29) is 37.1 Å². The molecule has 0 aromatic heterocycles. The van der Waals surface area contributed by atoms with Crippen molar-refractivity contribution in [2.75, 3.05) is 47.6 Å². The third kappa shape index (κ3) is 10.5. The Bertz CT molecular complexity index is 1910. The van der Waals surface area contributed by atoms with Crippen LogP contribution in [0.25, 0.3) is 0 Å². The fourth-order valence-corrected chi connectivity index (χ4v) is 7.13. The van der Waals surface area contributed by atoms with Crippen LogP contribution in [0.2, 0.25) is 0 Å². The maximum atomic E-state index is 14.4. The summed E-state index contributed by atoms with van der Waals surface area (Å²) in [4.78, 5) is 44.1. The molecular formula is C44H52N4O8. The molecule has 1 saturated heterocycles. The summed E-state index contributed by atoms with van der Waals surface area (Å²) in [5.74, 6) is 2.05. The van der Waals surface area contributed by atoms with Gasteiger partial charge in [0.25, 0.3) is 5.91 Å². The SMILES string of the molecule is COc1cc(OCCc2ccc(C)cc2)cc(OC)c1CN[C@H]1C[C@H]2COc3cccc(c3)C(=O)N(C)CCC[C@H](NC(=O)OCc3ccccc3)C(=O)N2C1. The molecule has 56 heavy (non-hydrogen) atoms. The number of benzene rings is 4. The number of alkyl carbamates (subject to hydrolysis) is 1. The van der Waals surface area contributed by atoms with Gasteiger partial charge in [-0.2, -0.15) is 0 Å². The summed E-state index contributed by atoms with van der Waals surface area (Å²) in [6.07, 6.45) is 1.47. The zero-order valence-electron chi connectivity index (χ0n) is 32.6. The molecule has 3 atom stereocenters. The Kier molecular flexibility index (Phi) is 13.7. The number of aryl methyl sites for hydroxylation is 1. The van der Waals surface area contributed by atoms with E-state index in [9.17, 15) is 14.4 Å². The van der Waals surface area contributed by atoms with Gasteiger partial charge in [0.05, 0.1) is 32.4 Å². The lowest BCUT2D eigenvalue weighted by atomic mass is 10.1. The lowest BCUT2D eigenvalue weighted by Gasteiger charge is -2.30. The zero-order chi connectivity index (χ0) is 39.4. The van der Waals surface area contributed by atoms with Crippen molar-refractivity contribution in [3.05, 3.63) is 119 Å². The summed E-state index contributed by atoms with van der Waals surface area (Å²) >= 11 is 0. The van der Waals surface area contributed by atoms with Crippen LogP contribution in [0.5, 0.6) is 23.0 Å². The molecule has 4 aromatic rings. The van der Waals surface area contributed by atoms with Gasteiger partial charge < -0.3 is 44.1 Å². The molecule has 2 aliphatic rings. The lowest BCUT2D eigenvalue weighted by molar-refractivity contribution is -0.135. The summed E-state index contributed by atoms with van der Waals surface area (Å²) < 4.78 is 29.5. The fraction of sp³-hybridized carbons (Fsp3) is 0.386. The predicted molar refractivity (Wildman–Crippen MR) is 212 cm³/mol. The summed E-state index contributed by atoms with van der Waals surface area (Å²) in [5, 5.41) is 6.46. The highest BCUT2D eigenvalue weighted by molar-refractivity contribution is 5.94. The van der Waals surface area contributed by atoms with Crippen LogP contribution in [0.15, 0.2) is 91.0 Å². The number of carbonyl (C=O) groups is 3. The van der Waals surface area contributed by atoms with E-state index >= 15 is 0 Å². The van der Waals surface area contributed by atoms with Crippen LogP contribution in [0.4, 0.5) is 4.79 Å². The van der Waals surface area contributed by atoms with Crippen molar-refractivity contribution >= 4 is 17.9 Å². The highest BCUT2D eigenvalue weighted by Gasteiger charge is 2.39. The van der Waals surface area contributed by atoms with Gasteiger partial charge in [-0.05, 0) is 55.5 Å². The molecule has 6 rings (SSSR count). The molecule has 12 nitrogen and oxygen atoms in total. The Balaban J connectivity index is 1.17. The second kappa shape index (κ2) is 19.2. The minimum absolute atomic E-state index is 0.0716. The summed E-state index contributed by atoms with van der Waals surface area (Å²) in [5.41, 5.74) is 4.59. The molecule has 1 fully saturated rings. The van der Waals surface area contributed by atoms with Gasteiger partial charge in [0.2, 0.25) is 5.91 Å². The number of amides is 3. The summed E-state index contributed by atoms with van der Waals surface area (Å²) in [7, 11) is 4.96. The van der Waals surface area contributed by atoms with Crippen LogP contribution in [-0.2, 0) is 29.1 Å². The van der Waals surface area contributed by atoms with E-state index in [0.717, 1.165) is 17.5 Å². The first-order chi connectivity index (χ1) is 27.2. The number of nitrogens with one attached hydrogen (secondary N) is 2. The molecule has 0 saturated carbocycles. The van der Waals surface area contributed by atoms with Crippen LogP contribution >= 0.6 is 0 Å². The van der Waals surface area contributed by atoms with Crippen LogP contribution in [0.1, 0.15) is 51.9 Å². The van der Waals surface area contributed by atoms with Gasteiger partial charge in [-0.1, -0.05) is 66.2 Å². The van der Waals surface area contributed by atoms with Crippen LogP contribution in [0.3, 0.4) is 0 Å². The van der Waals surface area contributed by atoms with Crippen molar-refractivity contribution in [3.63, 3.8) is 0 Å². The van der Waals surface area contributed by atoms with E-state index in [1.807, 2.05) is 42.5 Å². The Labute approximate surface area is 329 Å². The highest BCUT2D eigenvalue weighted by atomic mass is 16.5. The number of fused-ring (bicyclic) bond motifs is 3. The standard InChI is InChI=1S/C44H52N4O8/c1-30-15-17-31(18-16-30)19-21-54-37-24-40(52-3)38(41(25-37)53-4)26-45-34-23-35-29-55-36-13-8-12-33(22-36)42(49)47(2)20-9-14-39(43(50)48(35)27-34)46-44(51)56-28-32-10-6-5-7-11-32/h5-8,10-13,15-18,22,24-25,34-35,39,45H,9,14,19-21,23,26-29H2,1-4H3,(H,46,51)/t34-,35-,39-/m0/s1. The smallest absolute Gasteiger partial charge is 0.408 e. The minimum atomic E-state index is -0.873. The second-order valence-electron chi connectivity index (χ2n) is 14.3. The molecule has 2 aliphatic heterocycles. The largest absolute Gasteiger partial charge is 0.496 e. The molecule has 12 heteroatoms. The first-order valence-corrected chi connectivity index (χ1v) is 19.1. The Morgan fingerprint density at radius 2 is 1.66 bits per heavy atom. The van der Waals surface area contributed by atoms with Crippen LogP contribution in [-0.4, -0.2) is 93.4 Å². The first kappa shape index (κ1) is 39.9. The third-order valence-electron chi connectivity index (χ3n) is 10.3. The predicted octanol–water partition coefficient (Wildman–Crippen LogP) is 5.93. The quantitative estimate of drug-likeness (QED) is 0.181.